The van der Waals surface area contributed by atoms with Gasteiger partial charge in [0.15, 0.2) is 0 Å². The van der Waals surface area contributed by atoms with Gasteiger partial charge in [0.1, 0.15) is 0 Å². The number of hydrogen-bond acceptors (Lipinski definition) is 1. The highest BCUT2D eigenvalue weighted by atomic mass is 79.9. The molecule has 0 radical (unpaired) electrons. The fourth-order valence-electron chi connectivity index (χ4n) is 2.21. The van der Waals surface area contributed by atoms with Crippen molar-refractivity contribution in [2.45, 2.75) is 58.0 Å². The summed E-state index contributed by atoms with van der Waals surface area (Å²) in [6, 6.07) is 8.09. The first-order chi connectivity index (χ1) is 9.94. The van der Waals surface area contributed by atoms with Crippen molar-refractivity contribution in [3.63, 3.8) is 0 Å². The molecule has 4 heteroatoms. The van der Waals surface area contributed by atoms with Crippen LogP contribution in [0.15, 0.2) is 33.2 Å². The first-order valence-corrected chi connectivity index (χ1v) is 9.86. The molecule has 0 aliphatic rings. The molecule has 118 valence electrons. The summed E-state index contributed by atoms with van der Waals surface area (Å²) in [5.41, 5.74) is 0.286. The summed E-state index contributed by atoms with van der Waals surface area (Å²) in [5.74, 6) is 0. The van der Waals surface area contributed by atoms with Crippen LogP contribution < -0.4 is 0 Å². The lowest BCUT2D eigenvalue weighted by atomic mass is 9.90. The zero-order valence-electron chi connectivity index (χ0n) is 12.6. The third-order valence-electron chi connectivity index (χ3n) is 3.59. The number of hydrogen-bond donors (Lipinski definition) is 1. The summed E-state index contributed by atoms with van der Waals surface area (Å²) in [5, 5.41) is 11.1. The van der Waals surface area contributed by atoms with Gasteiger partial charge in [-0.3, -0.25) is 0 Å². The highest BCUT2D eigenvalue weighted by Crippen LogP contribution is 2.40. The molecular formula is C17H23Br3O. The quantitative estimate of drug-likeness (QED) is 0.422. The van der Waals surface area contributed by atoms with E-state index in [-0.39, 0.29) is 0 Å². The van der Waals surface area contributed by atoms with Crippen LogP contribution in [-0.4, -0.2) is 10.7 Å². The van der Waals surface area contributed by atoms with E-state index >= 15 is 0 Å². The second kappa shape index (κ2) is 9.49. The van der Waals surface area contributed by atoms with E-state index in [1.54, 1.807) is 0 Å². The van der Waals surface area contributed by atoms with Crippen molar-refractivity contribution in [1.29, 1.82) is 0 Å². The van der Waals surface area contributed by atoms with Gasteiger partial charge in [-0.05, 0) is 46.5 Å². The fourth-order valence-corrected chi connectivity index (χ4v) is 3.73. The highest BCUT2D eigenvalue weighted by Gasteiger charge is 2.31. The summed E-state index contributed by atoms with van der Waals surface area (Å²) in [4.78, 5) is 0. The Morgan fingerprint density at radius 1 is 1.00 bits per heavy atom. The van der Waals surface area contributed by atoms with E-state index < -0.39 is 5.60 Å². The van der Waals surface area contributed by atoms with Crippen LogP contribution in [0.1, 0.15) is 57.9 Å². The van der Waals surface area contributed by atoms with E-state index in [9.17, 15) is 5.11 Å². The maximum Gasteiger partial charge on any atom is 0.0972 e. The van der Waals surface area contributed by atoms with Gasteiger partial charge in [-0.25, -0.2) is 0 Å². The number of unbranched alkanes of at least 4 members (excludes halogenated alkanes) is 2. The molecule has 0 saturated carbocycles. The summed E-state index contributed by atoms with van der Waals surface area (Å²) in [6.45, 7) is 4.31. The lowest BCUT2D eigenvalue weighted by Crippen LogP contribution is -2.29. The fraction of sp³-hybridized carbons (Fsp3) is 0.529. The van der Waals surface area contributed by atoms with Crippen LogP contribution in [0.2, 0.25) is 0 Å². The summed E-state index contributed by atoms with van der Waals surface area (Å²) < 4.78 is 2.85. The Labute approximate surface area is 153 Å². The molecule has 21 heavy (non-hydrogen) atoms. The number of aliphatic hydroxyl groups is 1. The van der Waals surface area contributed by atoms with E-state index in [4.69, 9.17) is 0 Å². The first kappa shape index (κ1) is 19.4. The molecule has 0 atom stereocenters. The van der Waals surface area contributed by atoms with Crippen LogP contribution >= 0.6 is 47.8 Å². The molecule has 1 aromatic carbocycles. The zero-order valence-corrected chi connectivity index (χ0v) is 17.4. The van der Waals surface area contributed by atoms with Gasteiger partial charge in [0.05, 0.1) is 5.60 Å². The Kier molecular flexibility index (Phi) is 8.77. The van der Waals surface area contributed by atoms with Crippen molar-refractivity contribution in [3.8, 4) is 0 Å². The Bertz CT molecular complexity index is 457. The Balaban J connectivity index is 3.08. The van der Waals surface area contributed by atoms with Crippen LogP contribution in [0.5, 0.6) is 0 Å². The molecule has 0 unspecified atom stereocenters. The molecular weight excluding hydrogens is 460 g/mol. The van der Waals surface area contributed by atoms with E-state index in [0.29, 0.717) is 0 Å². The first-order valence-electron chi connectivity index (χ1n) is 7.48. The number of rotatable bonds is 8. The molecule has 0 amide bonds. The van der Waals surface area contributed by atoms with Crippen LogP contribution in [-0.2, 0) is 0 Å². The minimum atomic E-state index is -0.780. The molecule has 0 spiro atoms. The Morgan fingerprint density at radius 3 is 1.90 bits per heavy atom. The largest absolute Gasteiger partial charge is 0.385 e. The Morgan fingerprint density at radius 2 is 1.48 bits per heavy atom. The average molecular weight is 483 g/mol. The smallest absolute Gasteiger partial charge is 0.0972 e. The van der Waals surface area contributed by atoms with Gasteiger partial charge in [0.25, 0.3) is 0 Å². The molecule has 0 saturated heterocycles. The van der Waals surface area contributed by atoms with Crippen LogP contribution in [0.3, 0.4) is 0 Å². The molecule has 0 aliphatic heterocycles. The van der Waals surface area contributed by atoms with Crippen LogP contribution in [0.25, 0.3) is 4.48 Å². The lowest BCUT2D eigenvalue weighted by molar-refractivity contribution is 0.0651. The normalized spacial score (nSPS) is 13.2. The van der Waals surface area contributed by atoms with Crippen LogP contribution in [0.4, 0.5) is 0 Å². The molecule has 0 aliphatic carbocycles. The van der Waals surface area contributed by atoms with Gasteiger partial charge in [-0.2, -0.15) is 0 Å². The summed E-state index contributed by atoms with van der Waals surface area (Å²) in [7, 11) is 0. The van der Waals surface area contributed by atoms with Gasteiger partial charge in [0.2, 0.25) is 0 Å². The minimum absolute atomic E-state index is 0.780. The number of benzene rings is 1. The third-order valence-corrected chi connectivity index (χ3v) is 6.64. The van der Waals surface area contributed by atoms with Crippen LogP contribution in [0, 0.1) is 0 Å². The second-order valence-corrected chi connectivity index (χ2v) is 7.88. The molecule has 1 rings (SSSR count). The summed E-state index contributed by atoms with van der Waals surface area (Å²) in [6.07, 6.45) is 5.80. The van der Waals surface area contributed by atoms with E-state index in [2.05, 4.69) is 61.6 Å². The summed E-state index contributed by atoms with van der Waals surface area (Å²) >= 11 is 10.8. The van der Waals surface area contributed by atoms with Gasteiger partial charge in [-0.15, -0.1) is 0 Å². The van der Waals surface area contributed by atoms with Crippen molar-refractivity contribution < 1.29 is 5.11 Å². The Hall–Kier alpha value is 0.360. The zero-order chi connectivity index (χ0) is 15.9. The van der Waals surface area contributed by atoms with Crippen molar-refractivity contribution in [2.75, 3.05) is 0 Å². The molecule has 1 N–H and O–H groups in total. The number of halogens is 3. The van der Waals surface area contributed by atoms with Crippen molar-refractivity contribution >= 4 is 52.3 Å². The minimum Gasteiger partial charge on any atom is -0.385 e. The van der Waals surface area contributed by atoms with E-state index in [0.717, 1.165) is 57.5 Å². The van der Waals surface area contributed by atoms with Gasteiger partial charge in [0, 0.05) is 13.4 Å². The standard InChI is InChI=1S/C17H23Br3O/c1-3-5-11-17(21,12-6-4-2)16(20)15(19)13-7-9-14(18)10-8-13/h7-10,21H,3-6,11-12H2,1-2H3/b16-15+. The SMILES string of the molecule is CCCCC(O)(CCCC)/C(Br)=C(\Br)c1ccc(Br)cc1. The van der Waals surface area contributed by atoms with E-state index in [1.165, 1.54) is 0 Å². The van der Waals surface area contributed by atoms with Gasteiger partial charge >= 0.3 is 0 Å². The maximum absolute atomic E-state index is 11.1. The third kappa shape index (κ3) is 5.81. The maximum atomic E-state index is 11.1. The molecule has 0 aromatic heterocycles. The second-order valence-electron chi connectivity index (χ2n) is 5.37. The topological polar surface area (TPSA) is 20.2 Å². The van der Waals surface area contributed by atoms with Crippen molar-refractivity contribution in [3.05, 3.63) is 38.8 Å². The molecule has 0 heterocycles. The van der Waals surface area contributed by atoms with Gasteiger partial charge in [-0.1, -0.05) is 83.5 Å². The monoisotopic (exact) mass is 480 g/mol. The molecule has 0 fully saturated rings. The average Bonchev–Trinajstić information content (AvgIpc) is 2.50. The predicted molar refractivity (Wildman–Crippen MR) is 103 cm³/mol. The molecule has 1 nitrogen and oxygen atoms in total. The molecule has 0 bridgehead atoms. The van der Waals surface area contributed by atoms with E-state index in [1.807, 2.05) is 24.3 Å². The lowest BCUT2D eigenvalue weighted by Gasteiger charge is -2.29. The molecule has 1 aromatic rings. The predicted octanol–water partition coefficient (Wildman–Crippen LogP) is 7.02. The van der Waals surface area contributed by atoms with Gasteiger partial charge < -0.3 is 5.11 Å². The van der Waals surface area contributed by atoms with Crippen molar-refractivity contribution in [2.24, 2.45) is 0 Å². The van der Waals surface area contributed by atoms with Crippen molar-refractivity contribution in [1.82, 2.24) is 0 Å². The highest BCUT2D eigenvalue weighted by molar-refractivity contribution is 9.16.